The van der Waals surface area contributed by atoms with E-state index in [1.165, 1.54) is 0 Å². The number of hydrogen-bond donors (Lipinski definition) is 1. The van der Waals surface area contributed by atoms with Gasteiger partial charge in [0.15, 0.2) is 0 Å². The maximum Gasteiger partial charge on any atom is 0.314 e. The fourth-order valence-corrected chi connectivity index (χ4v) is 3.99. The van der Waals surface area contributed by atoms with Crippen LogP contribution in [-0.4, -0.2) is 24.3 Å². The van der Waals surface area contributed by atoms with E-state index in [1.807, 2.05) is 0 Å². The second kappa shape index (κ2) is 3.66. The van der Waals surface area contributed by atoms with Crippen molar-refractivity contribution >= 4 is 21.9 Å². The summed E-state index contributed by atoms with van der Waals surface area (Å²) in [5, 5.41) is 9.58. The van der Waals surface area contributed by atoms with E-state index >= 15 is 0 Å². The van der Waals surface area contributed by atoms with E-state index in [0.717, 1.165) is 45.5 Å². The van der Waals surface area contributed by atoms with E-state index in [-0.39, 0.29) is 0 Å². The van der Waals surface area contributed by atoms with Gasteiger partial charge in [-0.2, -0.15) is 0 Å². The van der Waals surface area contributed by atoms with Crippen molar-refractivity contribution in [2.45, 2.75) is 31.1 Å². The van der Waals surface area contributed by atoms with Crippen LogP contribution in [0.15, 0.2) is 4.47 Å². The predicted molar refractivity (Wildman–Crippen MR) is 71.1 cm³/mol. The molecule has 2 aliphatic heterocycles. The van der Waals surface area contributed by atoms with Crippen LogP contribution in [-0.2, 0) is 23.1 Å². The molecule has 1 aliphatic carbocycles. The maximum absolute atomic E-state index is 11.7. The molecular weight excluding hydrogens is 312 g/mol. The van der Waals surface area contributed by atoms with Crippen LogP contribution >= 0.6 is 15.9 Å². The summed E-state index contributed by atoms with van der Waals surface area (Å²) in [5.74, 6) is 0.907. The SMILES string of the molecule is O=C(O)C1(c2c3c(c(Br)c4c2OCC4)OCC3)CC1. The molecule has 3 aliphatic rings. The topological polar surface area (TPSA) is 55.8 Å². The van der Waals surface area contributed by atoms with Gasteiger partial charge in [-0.25, -0.2) is 0 Å². The van der Waals surface area contributed by atoms with Crippen molar-refractivity contribution < 1.29 is 19.4 Å². The Bertz CT molecular complexity index is 569. The Morgan fingerprint density at radius 2 is 1.74 bits per heavy atom. The fraction of sp³-hybridized carbons (Fsp3) is 0.500. The third kappa shape index (κ3) is 1.37. The largest absolute Gasteiger partial charge is 0.493 e. The first-order valence-electron chi connectivity index (χ1n) is 6.52. The molecule has 1 fully saturated rings. The predicted octanol–water partition coefficient (Wildman–Crippen LogP) is 2.44. The molecule has 1 aromatic carbocycles. The summed E-state index contributed by atoms with van der Waals surface area (Å²) >= 11 is 3.59. The van der Waals surface area contributed by atoms with Gasteiger partial charge >= 0.3 is 5.97 Å². The zero-order valence-electron chi connectivity index (χ0n) is 10.3. The van der Waals surface area contributed by atoms with E-state index < -0.39 is 11.4 Å². The van der Waals surface area contributed by atoms with E-state index in [0.29, 0.717) is 26.1 Å². The van der Waals surface area contributed by atoms with Crippen LogP contribution in [0, 0.1) is 0 Å². The van der Waals surface area contributed by atoms with E-state index in [4.69, 9.17) is 9.47 Å². The molecule has 5 heteroatoms. The monoisotopic (exact) mass is 324 g/mol. The van der Waals surface area contributed by atoms with Gasteiger partial charge < -0.3 is 14.6 Å². The smallest absolute Gasteiger partial charge is 0.314 e. The van der Waals surface area contributed by atoms with E-state index in [2.05, 4.69) is 15.9 Å². The summed E-state index contributed by atoms with van der Waals surface area (Å²) in [4.78, 5) is 11.7. The summed E-state index contributed by atoms with van der Waals surface area (Å²) < 4.78 is 12.4. The van der Waals surface area contributed by atoms with Crippen LogP contribution in [0.2, 0.25) is 0 Å². The lowest BCUT2D eigenvalue weighted by molar-refractivity contribution is -0.140. The minimum Gasteiger partial charge on any atom is -0.493 e. The molecule has 19 heavy (non-hydrogen) atoms. The third-order valence-electron chi connectivity index (χ3n) is 4.38. The van der Waals surface area contributed by atoms with Crippen LogP contribution in [0.1, 0.15) is 29.5 Å². The van der Waals surface area contributed by atoms with Crippen molar-refractivity contribution in [3.63, 3.8) is 0 Å². The molecule has 0 saturated heterocycles. The molecule has 4 nitrogen and oxygen atoms in total. The average Bonchev–Trinajstić information content (AvgIpc) is 2.85. The molecule has 0 atom stereocenters. The highest BCUT2D eigenvalue weighted by molar-refractivity contribution is 9.10. The molecule has 0 aromatic heterocycles. The number of aliphatic carboxylic acids is 1. The molecule has 1 N–H and O–H groups in total. The number of halogens is 1. The lowest BCUT2D eigenvalue weighted by atomic mass is 9.87. The van der Waals surface area contributed by atoms with Gasteiger partial charge in [-0.1, -0.05) is 0 Å². The van der Waals surface area contributed by atoms with Crippen molar-refractivity contribution in [2.24, 2.45) is 0 Å². The fourth-order valence-electron chi connectivity index (χ4n) is 3.25. The molecule has 4 rings (SSSR count). The van der Waals surface area contributed by atoms with Crippen LogP contribution in [0.5, 0.6) is 11.5 Å². The summed E-state index contributed by atoms with van der Waals surface area (Å²) in [5.41, 5.74) is 2.27. The summed E-state index contributed by atoms with van der Waals surface area (Å²) in [6.45, 7) is 1.25. The molecule has 0 unspecified atom stereocenters. The van der Waals surface area contributed by atoms with Gasteiger partial charge in [0.1, 0.15) is 11.5 Å². The molecule has 0 bridgehead atoms. The van der Waals surface area contributed by atoms with Gasteiger partial charge in [-0.3, -0.25) is 4.79 Å². The first-order chi connectivity index (χ1) is 9.15. The summed E-state index contributed by atoms with van der Waals surface area (Å²) in [6, 6.07) is 0. The van der Waals surface area contributed by atoms with Crippen LogP contribution < -0.4 is 9.47 Å². The Balaban J connectivity index is 2.03. The highest BCUT2D eigenvalue weighted by Crippen LogP contribution is 2.58. The molecule has 2 heterocycles. The molecule has 100 valence electrons. The number of carboxylic acid groups (broad SMARTS) is 1. The Morgan fingerprint density at radius 1 is 1.11 bits per heavy atom. The number of carboxylic acids is 1. The van der Waals surface area contributed by atoms with E-state index in [1.54, 1.807) is 0 Å². The number of carbonyl (C=O) groups is 1. The number of rotatable bonds is 2. The van der Waals surface area contributed by atoms with Gasteiger partial charge in [0.05, 0.1) is 23.1 Å². The molecular formula is C14H13BrO4. The molecule has 1 aromatic rings. The zero-order chi connectivity index (χ0) is 13.2. The number of hydrogen-bond acceptors (Lipinski definition) is 3. The Hall–Kier alpha value is -1.23. The second-order valence-electron chi connectivity index (χ2n) is 5.39. The Labute approximate surface area is 118 Å². The minimum atomic E-state index is -0.735. The molecule has 0 spiro atoms. The lowest BCUT2D eigenvalue weighted by Gasteiger charge is -2.19. The number of benzene rings is 1. The number of fused-ring (bicyclic) bond motifs is 2. The van der Waals surface area contributed by atoms with Crippen molar-refractivity contribution in [1.82, 2.24) is 0 Å². The molecule has 1 saturated carbocycles. The van der Waals surface area contributed by atoms with Gasteiger partial charge in [0.2, 0.25) is 0 Å². The zero-order valence-corrected chi connectivity index (χ0v) is 11.9. The second-order valence-corrected chi connectivity index (χ2v) is 6.18. The first kappa shape index (κ1) is 11.6. The Kier molecular flexibility index (Phi) is 2.23. The van der Waals surface area contributed by atoms with Crippen molar-refractivity contribution in [1.29, 1.82) is 0 Å². The minimum absolute atomic E-state index is 0.625. The van der Waals surface area contributed by atoms with Gasteiger partial charge in [0.25, 0.3) is 0 Å². The van der Waals surface area contributed by atoms with Crippen molar-refractivity contribution in [3.05, 3.63) is 21.2 Å². The standard InChI is InChI=1S/C14H13BrO4/c15-10-8-2-6-18-11(8)9(7-1-5-19-12(7)10)14(3-4-14)13(16)17/h1-6H2,(H,16,17). The lowest BCUT2D eigenvalue weighted by Crippen LogP contribution is -2.22. The molecule has 0 radical (unpaired) electrons. The van der Waals surface area contributed by atoms with E-state index in [9.17, 15) is 9.90 Å². The highest BCUT2D eigenvalue weighted by atomic mass is 79.9. The van der Waals surface area contributed by atoms with Gasteiger partial charge in [0, 0.05) is 29.5 Å². The van der Waals surface area contributed by atoms with Crippen LogP contribution in [0.4, 0.5) is 0 Å². The van der Waals surface area contributed by atoms with Crippen molar-refractivity contribution in [3.8, 4) is 11.5 Å². The quantitative estimate of drug-likeness (QED) is 0.907. The normalized spacial score (nSPS) is 21.3. The number of ether oxygens (including phenoxy) is 2. The van der Waals surface area contributed by atoms with Crippen LogP contribution in [0.25, 0.3) is 0 Å². The summed E-state index contributed by atoms with van der Waals surface area (Å²) in [7, 11) is 0. The van der Waals surface area contributed by atoms with Gasteiger partial charge in [-0.05, 0) is 28.8 Å². The third-order valence-corrected chi connectivity index (χ3v) is 5.21. The van der Waals surface area contributed by atoms with Crippen LogP contribution in [0.3, 0.4) is 0 Å². The highest BCUT2D eigenvalue weighted by Gasteiger charge is 2.56. The Morgan fingerprint density at radius 3 is 2.37 bits per heavy atom. The molecule has 0 amide bonds. The maximum atomic E-state index is 11.7. The average molecular weight is 325 g/mol. The van der Waals surface area contributed by atoms with Gasteiger partial charge in [-0.15, -0.1) is 0 Å². The van der Waals surface area contributed by atoms with Crippen molar-refractivity contribution in [2.75, 3.05) is 13.2 Å². The summed E-state index contributed by atoms with van der Waals surface area (Å²) in [6.07, 6.45) is 2.99. The first-order valence-corrected chi connectivity index (χ1v) is 7.31.